The van der Waals surface area contributed by atoms with Gasteiger partial charge in [0.25, 0.3) is 0 Å². The quantitative estimate of drug-likeness (QED) is 0.908. The second-order valence-corrected chi connectivity index (χ2v) is 7.33. The minimum absolute atomic E-state index is 0.216. The van der Waals surface area contributed by atoms with E-state index in [1.165, 1.54) is 5.56 Å². The minimum Gasteiger partial charge on any atom is -0.444 e. The van der Waals surface area contributed by atoms with Crippen LogP contribution in [0.5, 0.6) is 0 Å². The molecule has 4 heteroatoms. The second kappa shape index (κ2) is 6.59. The monoisotopic (exact) mass is 304 g/mol. The van der Waals surface area contributed by atoms with Gasteiger partial charge in [-0.15, -0.1) is 0 Å². The predicted molar refractivity (Wildman–Crippen MR) is 90.4 cm³/mol. The Bertz CT molecular complexity index is 503. The molecule has 1 fully saturated rings. The Morgan fingerprint density at radius 1 is 1.27 bits per heavy atom. The zero-order chi connectivity index (χ0) is 16.3. The molecule has 1 N–H and O–H groups in total. The molecule has 1 atom stereocenters. The number of carbonyl (C=O) groups is 1. The third-order valence-electron chi connectivity index (χ3n) is 3.79. The van der Waals surface area contributed by atoms with E-state index < -0.39 is 5.60 Å². The van der Waals surface area contributed by atoms with Crippen molar-refractivity contribution in [3.05, 3.63) is 29.8 Å². The molecule has 1 heterocycles. The van der Waals surface area contributed by atoms with E-state index in [0.29, 0.717) is 12.5 Å². The summed E-state index contributed by atoms with van der Waals surface area (Å²) in [6.07, 6.45) is 0.734. The van der Waals surface area contributed by atoms with Crippen LogP contribution in [0, 0.1) is 0 Å². The molecule has 2 rings (SSSR count). The van der Waals surface area contributed by atoms with Crippen molar-refractivity contribution in [1.29, 1.82) is 0 Å². The molecule has 1 aromatic carbocycles. The number of benzene rings is 1. The van der Waals surface area contributed by atoms with Crippen LogP contribution in [-0.2, 0) is 4.74 Å². The Balaban J connectivity index is 1.87. The molecule has 122 valence electrons. The molecule has 4 nitrogen and oxygen atoms in total. The maximum absolute atomic E-state index is 12.1. The maximum Gasteiger partial charge on any atom is 0.410 e. The SMILES string of the molecule is CC(C)c1ccc(NC2CCN(C(=O)OC(C)(C)C)C2)cc1. The zero-order valence-corrected chi connectivity index (χ0v) is 14.3. The summed E-state index contributed by atoms with van der Waals surface area (Å²) >= 11 is 0. The summed E-state index contributed by atoms with van der Waals surface area (Å²) < 4.78 is 5.42. The standard InChI is InChI=1S/C18H28N2O2/c1-13(2)14-6-8-15(9-7-14)19-16-10-11-20(12-16)17(21)22-18(3,4)5/h6-9,13,16,19H,10-12H2,1-5H3. The van der Waals surface area contributed by atoms with E-state index in [0.717, 1.165) is 18.7 Å². The van der Waals surface area contributed by atoms with E-state index in [9.17, 15) is 4.79 Å². The minimum atomic E-state index is -0.435. The number of hydrogen-bond donors (Lipinski definition) is 1. The number of nitrogens with zero attached hydrogens (tertiary/aromatic N) is 1. The number of carbonyl (C=O) groups excluding carboxylic acids is 1. The van der Waals surface area contributed by atoms with Crippen molar-refractivity contribution in [3.63, 3.8) is 0 Å². The third kappa shape index (κ3) is 4.65. The summed E-state index contributed by atoms with van der Waals surface area (Å²) in [5, 5.41) is 3.51. The number of hydrogen-bond acceptors (Lipinski definition) is 3. The summed E-state index contributed by atoms with van der Waals surface area (Å²) in [5.74, 6) is 0.545. The average molecular weight is 304 g/mol. The summed E-state index contributed by atoms with van der Waals surface area (Å²) in [6, 6.07) is 8.84. The van der Waals surface area contributed by atoms with E-state index in [1.807, 2.05) is 20.8 Å². The van der Waals surface area contributed by atoms with Crippen molar-refractivity contribution in [2.75, 3.05) is 18.4 Å². The van der Waals surface area contributed by atoms with Crippen molar-refractivity contribution >= 4 is 11.8 Å². The third-order valence-corrected chi connectivity index (χ3v) is 3.79. The normalized spacial score (nSPS) is 18.6. The highest BCUT2D eigenvalue weighted by Gasteiger charge is 2.29. The van der Waals surface area contributed by atoms with E-state index in [2.05, 4.69) is 43.4 Å². The lowest BCUT2D eigenvalue weighted by atomic mass is 10.0. The molecular formula is C18H28N2O2. The Hall–Kier alpha value is -1.71. The van der Waals surface area contributed by atoms with Crippen molar-refractivity contribution in [2.24, 2.45) is 0 Å². The largest absolute Gasteiger partial charge is 0.444 e. The van der Waals surface area contributed by atoms with E-state index in [-0.39, 0.29) is 12.1 Å². The first-order chi connectivity index (χ1) is 10.2. The lowest BCUT2D eigenvalue weighted by Crippen LogP contribution is -2.36. The van der Waals surface area contributed by atoms with Crippen molar-refractivity contribution in [2.45, 2.75) is 58.6 Å². The van der Waals surface area contributed by atoms with Crippen LogP contribution in [0.25, 0.3) is 0 Å². The van der Waals surface area contributed by atoms with Crippen LogP contribution in [-0.4, -0.2) is 35.7 Å². The van der Waals surface area contributed by atoms with Gasteiger partial charge >= 0.3 is 6.09 Å². The highest BCUT2D eigenvalue weighted by Crippen LogP contribution is 2.21. The Labute approximate surface area is 133 Å². The number of rotatable bonds is 3. The van der Waals surface area contributed by atoms with Crippen LogP contribution in [0.4, 0.5) is 10.5 Å². The summed E-state index contributed by atoms with van der Waals surface area (Å²) in [6.45, 7) is 11.5. The first-order valence-electron chi connectivity index (χ1n) is 8.09. The van der Waals surface area contributed by atoms with Crippen molar-refractivity contribution in [1.82, 2.24) is 4.90 Å². The van der Waals surface area contributed by atoms with Crippen molar-refractivity contribution in [3.8, 4) is 0 Å². The molecule has 1 aliphatic heterocycles. The van der Waals surface area contributed by atoms with Gasteiger partial charge in [0, 0.05) is 24.8 Å². The van der Waals surface area contributed by atoms with Crippen LogP contribution < -0.4 is 5.32 Å². The molecule has 0 spiro atoms. The predicted octanol–water partition coefficient (Wildman–Crippen LogP) is 4.23. The molecular weight excluding hydrogens is 276 g/mol. The number of ether oxygens (including phenoxy) is 1. The molecule has 1 saturated heterocycles. The molecule has 0 bridgehead atoms. The Kier molecular flexibility index (Phi) is 4.99. The summed E-state index contributed by atoms with van der Waals surface area (Å²) in [4.78, 5) is 13.8. The summed E-state index contributed by atoms with van der Waals surface area (Å²) in [5.41, 5.74) is 2.02. The van der Waals surface area contributed by atoms with Crippen molar-refractivity contribution < 1.29 is 9.53 Å². The number of likely N-dealkylation sites (tertiary alicyclic amines) is 1. The highest BCUT2D eigenvalue weighted by atomic mass is 16.6. The molecule has 1 aliphatic rings. The maximum atomic E-state index is 12.1. The van der Waals surface area contributed by atoms with Gasteiger partial charge in [-0.2, -0.15) is 0 Å². The second-order valence-electron chi connectivity index (χ2n) is 7.33. The highest BCUT2D eigenvalue weighted by molar-refractivity contribution is 5.68. The van der Waals surface area contributed by atoms with Gasteiger partial charge in [-0.3, -0.25) is 0 Å². The lowest BCUT2D eigenvalue weighted by Gasteiger charge is -2.24. The van der Waals surface area contributed by atoms with Crippen LogP contribution in [0.1, 0.15) is 52.5 Å². The lowest BCUT2D eigenvalue weighted by molar-refractivity contribution is 0.0293. The van der Waals surface area contributed by atoms with Gasteiger partial charge < -0.3 is 15.0 Å². The van der Waals surface area contributed by atoms with Gasteiger partial charge in [0.05, 0.1) is 0 Å². The van der Waals surface area contributed by atoms with E-state index in [1.54, 1.807) is 4.90 Å². The molecule has 1 aromatic rings. The molecule has 0 aliphatic carbocycles. The van der Waals surface area contributed by atoms with Gasteiger partial charge in [-0.05, 0) is 50.8 Å². The van der Waals surface area contributed by atoms with Gasteiger partial charge in [0.15, 0.2) is 0 Å². The number of anilines is 1. The molecule has 0 saturated carbocycles. The van der Waals surface area contributed by atoms with Gasteiger partial charge in [0.2, 0.25) is 0 Å². The van der Waals surface area contributed by atoms with Crippen LogP contribution in [0.3, 0.4) is 0 Å². The fourth-order valence-electron chi connectivity index (χ4n) is 2.57. The molecule has 0 aromatic heterocycles. The summed E-state index contributed by atoms with van der Waals surface area (Å²) in [7, 11) is 0. The molecule has 0 radical (unpaired) electrons. The first kappa shape index (κ1) is 16.7. The Morgan fingerprint density at radius 3 is 2.45 bits per heavy atom. The van der Waals surface area contributed by atoms with Gasteiger partial charge in [0.1, 0.15) is 5.60 Å². The smallest absolute Gasteiger partial charge is 0.410 e. The fraction of sp³-hybridized carbons (Fsp3) is 0.611. The number of nitrogens with one attached hydrogen (secondary N) is 1. The van der Waals surface area contributed by atoms with Crippen LogP contribution in [0.15, 0.2) is 24.3 Å². The molecule has 1 unspecified atom stereocenters. The van der Waals surface area contributed by atoms with E-state index >= 15 is 0 Å². The topological polar surface area (TPSA) is 41.6 Å². The van der Waals surface area contributed by atoms with Crippen LogP contribution in [0.2, 0.25) is 0 Å². The average Bonchev–Trinajstić information content (AvgIpc) is 2.86. The van der Waals surface area contributed by atoms with E-state index in [4.69, 9.17) is 4.74 Å². The molecule has 1 amide bonds. The van der Waals surface area contributed by atoms with Gasteiger partial charge in [-0.1, -0.05) is 26.0 Å². The zero-order valence-electron chi connectivity index (χ0n) is 14.3. The number of amides is 1. The molecule has 22 heavy (non-hydrogen) atoms. The van der Waals surface area contributed by atoms with Gasteiger partial charge in [-0.25, -0.2) is 4.79 Å². The Morgan fingerprint density at radius 2 is 1.91 bits per heavy atom. The fourth-order valence-corrected chi connectivity index (χ4v) is 2.57. The van der Waals surface area contributed by atoms with Crippen LogP contribution >= 0.6 is 0 Å². The first-order valence-corrected chi connectivity index (χ1v) is 8.09.